The molecule has 3 rings (SSSR count). The second-order valence-corrected chi connectivity index (χ2v) is 3.60. The van der Waals surface area contributed by atoms with Crippen LogP contribution in [-0.4, -0.2) is 11.6 Å². The molecule has 0 fully saturated rings. The number of benzene rings is 2. The van der Waals surface area contributed by atoms with E-state index < -0.39 is 0 Å². The first-order chi connectivity index (χ1) is 8.86. The van der Waals surface area contributed by atoms with Gasteiger partial charge in [-0.2, -0.15) is 0 Å². The lowest BCUT2D eigenvalue weighted by atomic mass is 10.1. The molecule has 0 heterocycles. The summed E-state index contributed by atoms with van der Waals surface area (Å²) < 4.78 is 0. The van der Waals surface area contributed by atoms with Gasteiger partial charge in [0.1, 0.15) is 0 Å². The maximum Gasteiger partial charge on any atom is 0.290 e. The van der Waals surface area contributed by atoms with Crippen molar-refractivity contribution in [2.45, 2.75) is 6.42 Å². The van der Waals surface area contributed by atoms with Gasteiger partial charge in [-0.15, -0.1) is 0 Å². The highest BCUT2D eigenvalue weighted by Crippen LogP contribution is 2.35. The van der Waals surface area contributed by atoms with E-state index in [2.05, 4.69) is 60.2 Å². The summed E-state index contributed by atoms with van der Waals surface area (Å²) in [5.41, 5.74) is 5.75. The van der Waals surface area contributed by atoms with Crippen molar-refractivity contribution in [3.63, 3.8) is 0 Å². The van der Waals surface area contributed by atoms with E-state index in [1.165, 1.54) is 22.3 Å². The van der Waals surface area contributed by atoms with Gasteiger partial charge >= 0.3 is 0 Å². The fourth-order valence-corrected chi connectivity index (χ4v) is 2.08. The van der Waals surface area contributed by atoms with Crippen molar-refractivity contribution in [3.8, 4) is 11.1 Å². The molecule has 4 heteroatoms. The molecule has 2 aromatic rings. The summed E-state index contributed by atoms with van der Waals surface area (Å²) in [6.45, 7) is -0.250. The molecule has 1 aliphatic rings. The van der Waals surface area contributed by atoms with E-state index in [0.717, 1.165) is 6.42 Å². The normalized spacial score (nSPS) is 9.89. The van der Waals surface area contributed by atoms with E-state index in [1.807, 2.05) is 0 Å². The summed E-state index contributed by atoms with van der Waals surface area (Å²) in [5.74, 6) is 8.00. The van der Waals surface area contributed by atoms with Crippen LogP contribution in [0.4, 0.5) is 0 Å². The van der Waals surface area contributed by atoms with Crippen LogP contribution in [0.2, 0.25) is 0 Å². The standard InChI is InChI=1S/C13H10.CH2O2.H4N2/c1-3-7-12-10(5-1)9-11-6-2-4-8-13(11)12;2-1-3;1-2/h1-8H,9H2;1H,(H,2,3);1-2H2. The van der Waals surface area contributed by atoms with Crippen LogP contribution in [0.15, 0.2) is 48.5 Å². The molecule has 1 aliphatic carbocycles. The average molecular weight is 244 g/mol. The minimum Gasteiger partial charge on any atom is -0.483 e. The SMILES string of the molecule is NN.O=CO.c1ccc2c(c1)Cc1ccccc1-2. The van der Waals surface area contributed by atoms with E-state index in [1.54, 1.807) is 0 Å². The monoisotopic (exact) mass is 244 g/mol. The van der Waals surface area contributed by atoms with Crippen LogP contribution >= 0.6 is 0 Å². The molecule has 0 spiro atoms. The predicted octanol–water partition coefficient (Wildman–Crippen LogP) is 1.78. The zero-order chi connectivity index (χ0) is 13.4. The van der Waals surface area contributed by atoms with Crippen LogP contribution in [-0.2, 0) is 11.2 Å². The Morgan fingerprint density at radius 1 is 0.889 bits per heavy atom. The fraction of sp³-hybridized carbons (Fsp3) is 0.0714. The highest BCUT2D eigenvalue weighted by molar-refractivity contribution is 5.76. The van der Waals surface area contributed by atoms with Crippen molar-refractivity contribution in [2.24, 2.45) is 11.7 Å². The zero-order valence-electron chi connectivity index (χ0n) is 9.91. The van der Waals surface area contributed by atoms with Crippen molar-refractivity contribution in [3.05, 3.63) is 59.7 Å². The molecule has 0 aromatic heterocycles. The van der Waals surface area contributed by atoms with Crippen LogP contribution < -0.4 is 11.7 Å². The van der Waals surface area contributed by atoms with Gasteiger partial charge in [0.25, 0.3) is 6.47 Å². The van der Waals surface area contributed by atoms with E-state index in [0.29, 0.717) is 0 Å². The molecule has 0 saturated carbocycles. The molecule has 0 radical (unpaired) electrons. The Morgan fingerprint density at radius 2 is 1.22 bits per heavy atom. The van der Waals surface area contributed by atoms with Gasteiger partial charge in [0.05, 0.1) is 0 Å². The second-order valence-electron chi connectivity index (χ2n) is 3.60. The summed E-state index contributed by atoms with van der Waals surface area (Å²) in [5, 5.41) is 6.89. The Hall–Kier alpha value is -2.17. The predicted molar refractivity (Wildman–Crippen MR) is 71.8 cm³/mol. The van der Waals surface area contributed by atoms with Gasteiger partial charge in [-0.1, -0.05) is 48.5 Å². The summed E-state index contributed by atoms with van der Waals surface area (Å²) in [6, 6.07) is 17.3. The number of nitrogens with two attached hydrogens (primary N) is 2. The van der Waals surface area contributed by atoms with Gasteiger partial charge in [-0.25, -0.2) is 0 Å². The van der Waals surface area contributed by atoms with Crippen LogP contribution in [0.25, 0.3) is 11.1 Å². The highest BCUT2D eigenvalue weighted by atomic mass is 16.3. The van der Waals surface area contributed by atoms with E-state index >= 15 is 0 Å². The topological polar surface area (TPSA) is 89.3 Å². The lowest BCUT2D eigenvalue weighted by Crippen LogP contribution is -2.02. The van der Waals surface area contributed by atoms with Crippen molar-refractivity contribution in [1.29, 1.82) is 0 Å². The number of hydrazine groups is 1. The summed E-state index contributed by atoms with van der Waals surface area (Å²) in [4.78, 5) is 8.36. The van der Waals surface area contributed by atoms with Crippen molar-refractivity contribution < 1.29 is 9.90 Å². The number of fused-ring (bicyclic) bond motifs is 3. The molecule has 0 unspecified atom stereocenters. The molecule has 0 atom stereocenters. The zero-order valence-corrected chi connectivity index (χ0v) is 9.91. The molecule has 0 aliphatic heterocycles. The van der Waals surface area contributed by atoms with Gasteiger partial charge in [0.2, 0.25) is 0 Å². The number of hydrogen-bond donors (Lipinski definition) is 3. The maximum atomic E-state index is 8.36. The molecular weight excluding hydrogens is 228 g/mol. The molecule has 18 heavy (non-hydrogen) atoms. The minimum atomic E-state index is -0.250. The van der Waals surface area contributed by atoms with E-state index in [-0.39, 0.29) is 6.47 Å². The van der Waals surface area contributed by atoms with Gasteiger partial charge in [-0.3, -0.25) is 16.5 Å². The fourth-order valence-electron chi connectivity index (χ4n) is 2.08. The van der Waals surface area contributed by atoms with E-state index in [4.69, 9.17) is 9.90 Å². The molecule has 2 aromatic carbocycles. The molecule has 0 amide bonds. The molecule has 5 N–H and O–H groups in total. The number of carboxylic acid groups (broad SMARTS) is 1. The molecule has 0 bridgehead atoms. The lowest BCUT2D eigenvalue weighted by molar-refractivity contribution is -0.122. The number of hydrogen-bond acceptors (Lipinski definition) is 3. The first-order valence-electron chi connectivity index (χ1n) is 5.44. The van der Waals surface area contributed by atoms with Gasteiger partial charge in [0, 0.05) is 0 Å². The van der Waals surface area contributed by atoms with Gasteiger partial charge < -0.3 is 5.11 Å². The Balaban J connectivity index is 0.000000288. The van der Waals surface area contributed by atoms with Crippen LogP contribution in [0, 0.1) is 0 Å². The smallest absolute Gasteiger partial charge is 0.290 e. The van der Waals surface area contributed by atoms with Crippen LogP contribution in [0.1, 0.15) is 11.1 Å². The Bertz CT molecular complexity index is 469. The third-order valence-corrected chi connectivity index (χ3v) is 2.71. The molecule has 4 nitrogen and oxygen atoms in total. The quantitative estimate of drug-likeness (QED) is 0.319. The minimum absolute atomic E-state index is 0.250. The van der Waals surface area contributed by atoms with Crippen molar-refractivity contribution >= 4 is 6.47 Å². The van der Waals surface area contributed by atoms with Crippen molar-refractivity contribution in [1.82, 2.24) is 0 Å². The maximum absolute atomic E-state index is 8.36. The third-order valence-electron chi connectivity index (χ3n) is 2.71. The van der Waals surface area contributed by atoms with Crippen molar-refractivity contribution in [2.75, 3.05) is 0 Å². The molecular formula is C14H16N2O2. The summed E-state index contributed by atoms with van der Waals surface area (Å²) >= 11 is 0. The largest absolute Gasteiger partial charge is 0.483 e. The van der Waals surface area contributed by atoms with Crippen LogP contribution in [0.5, 0.6) is 0 Å². The Labute approximate surface area is 106 Å². The van der Waals surface area contributed by atoms with Gasteiger partial charge in [-0.05, 0) is 28.7 Å². The molecule has 0 saturated heterocycles. The Kier molecular flexibility index (Phi) is 5.57. The van der Waals surface area contributed by atoms with E-state index in [9.17, 15) is 0 Å². The first-order valence-corrected chi connectivity index (χ1v) is 5.44. The van der Waals surface area contributed by atoms with Gasteiger partial charge in [0.15, 0.2) is 0 Å². The third kappa shape index (κ3) is 2.94. The number of rotatable bonds is 0. The Morgan fingerprint density at radius 3 is 1.61 bits per heavy atom. The average Bonchev–Trinajstić information content (AvgIpc) is 2.80. The summed E-state index contributed by atoms with van der Waals surface area (Å²) in [7, 11) is 0. The summed E-state index contributed by atoms with van der Waals surface area (Å²) in [6.07, 6.45) is 1.10. The second kappa shape index (κ2) is 7.21. The first kappa shape index (κ1) is 13.9. The lowest BCUT2D eigenvalue weighted by Gasteiger charge is -1.98. The van der Waals surface area contributed by atoms with Crippen LogP contribution in [0.3, 0.4) is 0 Å². The molecule has 94 valence electrons. The number of carbonyl (C=O) groups is 1. The highest BCUT2D eigenvalue weighted by Gasteiger charge is 2.15.